The van der Waals surface area contributed by atoms with E-state index in [4.69, 9.17) is 14.6 Å². The normalized spacial score (nSPS) is 29.1. The number of fused-ring (bicyclic) bond motifs is 1. The second-order valence-electron chi connectivity index (χ2n) is 7.67. The summed E-state index contributed by atoms with van der Waals surface area (Å²) in [5.41, 5.74) is 1.17. The van der Waals surface area contributed by atoms with Gasteiger partial charge in [-0.15, -0.1) is 11.3 Å². The molecule has 1 saturated heterocycles. The van der Waals surface area contributed by atoms with E-state index in [0.717, 1.165) is 24.2 Å². The number of carbonyl (C=O) groups is 1. The number of ether oxygens (including phenoxy) is 2. The number of rotatable bonds is 6. The van der Waals surface area contributed by atoms with Crippen molar-refractivity contribution in [2.24, 2.45) is 11.8 Å². The number of aromatic nitrogens is 1. The van der Waals surface area contributed by atoms with Crippen LogP contribution in [-0.2, 0) is 4.74 Å². The molecule has 1 aliphatic carbocycles. The molecular weight excluding hydrogens is 390 g/mol. The summed E-state index contributed by atoms with van der Waals surface area (Å²) in [6, 6.07) is 7.90. The number of hydrogen-bond donors (Lipinski definition) is 2. The highest BCUT2D eigenvalue weighted by Gasteiger charge is 2.45. The highest BCUT2D eigenvalue weighted by molar-refractivity contribution is 7.09. The van der Waals surface area contributed by atoms with Crippen molar-refractivity contribution < 1.29 is 24.5 Å². The number of benzene rings is 1. The van der Waals surface area contributed by atoms with Crippen molar-refractivity contribution in [1.82, 2.24) is 4.98 Å². The van der Waals surface area contributed by atoms with E-state index in [1.807, 2.05) is 37.3 Å². The lowest BCUT2D eigenvalue weighted by molar-refractivity contribution is -0.0767. The molecule has 6 nitrogen and oxygen atoms in total. The minimum absolute atomic E-state index is 0.0344. The molecule has 29 heavy (non-hydrogen) atoms. The summed E-state index contributed by atoms with van der Waals surface area (Å²) >= 11 is 1.33. The number of nitrogens with zero attached hydrogens (tertiary/aromatic N) is 1. The quantitative estimate of drug-likeness (QED) is 0.693. The third-order valence-electron chi connectivity index (χ3n) is 5.79. The van der Waals surface area contributed by atoms with Gasteiger partial charge >= 0.3 is 5.97 Å². The summed E-state index contributed by atoms with van der Waals surface area (Å²) < 4.78 is 12.0. The molecule has 0 unspecified atom stereocenters. The van der Waals surface area contributed by atoms with Gasteiger partial charge in [0.2, 0.25) is 0 Å². The van der Waals surface area contributed by atoms with Crippen LogP contribution in [0.4, 0.5) is 0 Å². The molecule has 154 valence electrons. The molecule has 0 amide bonds. The number of hydrogen-bond acceptors (Lipinski definition) is 6. The number of aliphatic hydroxyl groups excluding tert-OH is 1. The highest BCUT2D eigenvalue weighted by atomic mass is 32.1. The maximum absolute atomic E-state index is 11.1. The molecule has 2 N–H and O–H groups in total. The molecule has 1 aromatic heterocycles. The number of thiazole rings is 1. The number of para-hydroxylation sites is 1. The summed E-state index contributed by atoms with van der Waals surface area (Å²) in [5, 5.41) is 21.9. The van der Waals surface area contributed by atoms with Crippen LogP contribution in [0.2, 0.25) is 0 Å². The van der Waals surface area contributed by atoms with E-state index in [2.05, 4.69) is 11.1 Å². The lowest BCUT2D eigenvalue weighted by atomic mass is 9.86. The molecule has 2 aliphatic rings. The first kappa shape index (κ1) is 20.1. The van der Waals surface area contributed by atoms with Crippen molar-refractivity contribution in [3.8, 4) is 5.75 Å². The van der Waals surface area contributed by atoms with Gasteiger partial charge in [0.1, 0.15) is 23.5 Å². The summed E-state index contributed by atoms with van der Waals surface area (Å²) in [6.45, 7) is 2.48. The first-order valence-electron chi connectivity index (χ1n) is 9.90. The van der Waals surface area contributed by atoms with Crippen LogP contribution in [0, 0.1) is 18.8 Å². The Labute approximate surface area is 173 Å². The van der Waals surface area contributed by atoms with E-state index in [-0.39, 0.29) is 29.7 Å². The van der Waals surface area contributed by atoms with Gasteiger partial charge in [-0.1, -0.05) is 30.4 Å². The molecule has 4 rings (SSSR count). The van der Waals surface area contributed by atoms with Gasteiger partial charge in [-0.25, -0.2) is 9.78 Å². The Bertz CT molecular complexity index is 895. The number of aromatic carboxylic acids is 1. The Balaban J connectivity index is 1.34. The van der Waals surface area contributed by atoms with Crippen molar-refractivity contribution in [1.29, 1.82) is 0 Å². The number of aliphatic hydroxyl groups is 1. The maximum atomic E-state index is 11.1. The zero-order valence-electron chi connectivity index (χ0n) is 16.2. The average Bonchev–Trinajstić information content (AvgIpc) is 3.31. The first-order valence-corrected chi connectivity index (χ1v) is 10.8. The maximum Gasteiger partial charge on any atom is 0.355 e. The van der Waals surface area contributed by atoms with Crippen molar-refractivity contribution in [2.45, 2.75) is 44.5 Å². The van der Waals surface area contributed by atoms with Gasteiger partial charge in [-0.2, -0.15) is 0 Å². The minimum atomic E-state index is -1.02. The SMILES string of the molecule is Cc1ccccc1OC/C=C/[C@@H]1[C@H]2CC[C@H](c3nc(C(=O)O)cs3)O[C@H]2C[C@H]1O. The van der Waals surface area contributed by atoms with Crippen molar-refractivity contribution in [3.63, 3.8) is 0 Å². The Kier molecular flexibility index (Phi) is 5.99. The van der Waals surface area contributed by atoms with Crippen LogP contribution in [0.5, 0.6) is 5.75 Å². The second kappa shape index (κ2) is 8.65. The Hall–Kier alpha value is -2.22. The van der Waals surface area contributed by atoms with Crippen LogP contribution in [-0.4, -0.2) is 40.0 Å². The number of aryl methyl sites for hydroxylation is 1. The van der Waals surface area contributed by atoms with E-state index < -0.39 is 12.1 Å². The van der Waals surface area contributed by atoms with Gasteiger partial charge in [0.15, 0.2) is 5.69 Å². The number of carboxylic acids is 1. The van der Waals surface area contributed by atoms with Gasteiger partial charge < -0.3 is 19.7 Å². The number of carboxylic acid groups (broad SMARTS) is 1. The highest BCUT2D eigenvalue weighted by Crippen LogP contribution is 2.46. The van der Waals surface area contributed by atoms with E-state index in [9.17, 15) is 9.90 Å². The molecule has 5 atom stereocenters. The Morgan fingerprint density at radius 3 is 2.97 bits per heavy atom. The van der Waals surface area contributed by atoms with Crippen molar-refractivity contribution in [3.05, 3.63) is 58.1 Å². The zero-order chi connectivity index (χ0) is 20.4. The van der Waals surface area contributed by atoms with Crippen molar-refractivity contribution >= 4 is 17.3 Å². The minimum Gasteiger partial charge on any atom is -0.489 e. The monoisotopic (exact) mass is 415 g/mol. The summed E-state index contributed by atoms with van der Waals surface area (Å²) in [7, 11) is 0. The summed E-state index contributed by atoms with van der Waals surface area (Å²) in [6.07, 6.45) is 5.67. The van der Waals surface area contributed by atoms with E-state index >= 15 is 0 Å². The molecule has 0 spiro atoms. The Morgan fingerprint density at radius 1 is 1.38 bits per heavy atom. The molecule has 0 bridgehead atoms. The molecule has 2 aromatic rings. The fourth-order valence-electron chi connectivity index (χ4n) is 4.32. The lowest BCUT2D eigenvalue weighted by Gasteiger charge is -2.33. The first-order chi connectivity index (χ1) is 14.0. The van der Waals surface area contributed by atoms with Crippen LogP contribution < -0.4 is 4.74 Å². The van der Waals surface area contributed by atoms with Crippen molar-refractivity contribution in [2.75, 3.05) is 6.61 Å². The van der Waals surface area contributed by atoms with Gasteiger partial charge in [0, 0.05) is 17.7 Å². The van der Waals surface area contributed by atoms with E-state index in [1.54, 1.807) is 5.38 Å². The van der Waals surface area contributed by atoms with Gasteiger partial charge in [0.25, 0.3) is 0 Å². The molecule has 1 aliphatic heterocycles. The third-order valence-corrected chi connectivity index (χ3v) is 6.73. The third kappa shape index (κ3) is 4.37. The fourth-order valence-corrected chi connectivity index (χ4v) is 5.18. The molecule has 2 fully saturated rings. The van der Waals surface area contributed by atoms with Gasteiger partial charge in [-0.05, 0) is 37.3 Å². The smallest absolute Gasteiger partial charge is 0.355 e. The van der Waals surface area contributed by atoms with Crippen LogP contribution >= 0.6 is 11.3 Å². The predicted molar refractivity (Wildman–Crippen MR) is 109 cm³/mol. The average molecular weight is 416 g/mol. The summed E-state index contributed by atoms with van der Waals surface area (Å²) in [4.78, 5) is 15.2. The van der Waals surface area contributed by atoms with Gasteiger partial charge in [0.05, 0.1) is 12.2 Å². The molecule has 7 heteroatoms. The Morgan fingerprint density at radius 2 is 2.21 bits per heavy atom. The van der Waals surface area contributed by atoms with Crippen LogP contribution in [0.1, 0.15) is 46.4 Å². The topological polar surface area (TPSA) is 88.9 Å². The molecule has 1 aromatic carbocycles. The van der Waals surface area contributed by atoms with E-state index in [1.165, 1.54) is 11.3 Å². The van der Waals surface area contributed by atoms with E-state index in [0.29, 0.717) is 18.0 Å². The van der Waals surface area contributed by atoms with Crippen LogP contribution in [0.15, 0.2) is 41.8 Å². The molecule has 0 radical (unpaired) electrons. The molecule has 2 heterocycles. The van der Waals surface area contributed by atoms with Crippen LogP contribution in [0.3, 0.4) is 0 Å². The molecular formula is C22H25NO5S. The van der Waals surface area contributed by atoms with Crippen LogP contribution in [0.25, 0.3) is 0 Å². The molecule has 1 saturated carbocycles. The zero-order valence-corrected chi connectivity index (χ0v) is 17.0. The second-order valence-corrected chi connectivity index (χ2v) is 8.56. The largest absolute Gasteiger partial charge is 0.489 e. The lowest BCUT2D eigenvalue weighted by Crippen LogP contribution is -2.30. The van der Waals surface area contributed by atoms with Gasteiger partial charge in [-0.3, -0.25) is 0 Å². The predicted octanol–water partition coefficient (Wildman–Crippen LogP) is 4.00. The fraction of sp³-hybridized carbons (Fsp3) is 0.455. The standard InChI is InChI=1S/C22H25NO5S/c1-13-5-2-3-7-18(13)27-10-4-6-14-15-8-9-19(28-20(15)11-17(14)24)21-23-16(12-29-21)22(25)26/h2-7,12,14-15,17,19-20,24H,8-11H2,1H3,(H,25,26)/b6-4+/t14-,15-,17-,19-,20+/m1/s1. The summed E-state index contributed by atoms with van der Waals surface area (Å²) in [5.74, 6) is 0.160.